The van der Waals surface area contributed by atoms with E-state index < -0.39 is 22.9 Å². The van der Waals surface area contributed by atoms with Crippen LogP contribution in [-0.4, -0.2) is 43.8 Å². The lowest BCUT2D eigenvalue weighted by atomic mass is 9.68. The zero-order chi connectivity index (χ0) is 24.8. The minimum atomic E-state index is -1.80. The van der Waals surface area contributed by atoms with Crippen molar-refractivity contribution >= 4 is 17.6 Å². The van der Waals surface area contributed by atoms with Gasteiger partial charge in [-0.1, -0.05) is 32.0 Å². The highest BCUT2D eigenvalue weighted by Gasteiger charge is 2.62. The molecular weight excluding hydrogens is 438 g/mol. The molecule has 2 N–H and O–H groups in total. The van der Waals surface area contributed by atoms with Crippen molar-refractivity contribution in [1.29, 1.82) is 0 Å². The Morgan fingerprint density at radius 1 is 1.21 bits per heavy atom. The summed E-state index contributed by atoms with van der Waals surface area (Å²) in [6.45, 7) is 6.70. The van der Waals surface area contributed by atoms with E-state index in [-0.39, 0.29) is 35.2 Å². The third-order valence-electron chi connectivity index (χ3n) is 6.31. The average molecular weight is 468 g/mol. The molecule has 1 amide bonds. The number of nitrogens with zero attached hydrogens (tertiary/aromatic N) is 2. The zero-order valence-electron chi connectivity index (χ0n) is 20.0. The molecule has 9 heteroatoms. The predicted octanol–water partition coefficient (Wildman–Crippen LogP) is 1.83. The van der Waals surface area contributed by atoms with Crippen molar-refractivity contribution in [3.8, 4) is 5.75 Å². The van der Waals surface area contributed by atoms with Crippen molar-refractivity contribution in [2.24, 2.45) is 11.7 Å². The zero-order valence-corrected chi connectivity index (χ0v) is 20.0. The van der Waals surface area contributed by atoms with Crippen LogP contribution in [0.2, 0.25) is 0 Å². The number of rotatable bonds is 6. The Kier molecular flexibility index (Phi) is 5.99. The smallest absolute Gasteiger partial charge is 0.340 e. The molecule has 9 nitrogen and oxygen atoms in total. The number of fused-ring (bicyclic) bond motifs is 4. The molecule has 4 rings (SSSR count). The molecule has 1 aromatic carbocycles. The van der Waals surface area contributed by atoms with Gasteiger partial charge in [0.25, 0.3) is 5.56 Å². The quantitative estimate of drug-likeness (QED) is 0.645. The molecule has 0 bridgehead atoms. The molecular formula is C25H29N3O6. The van der Waals surface area contributed by atoms with Crippen molar-refractivity contribution in [2.75, 3.05) is 32.3 Å². The minimum absolute atomic E-state index is 0.0486. The van der Waals surface area contributed by atoms with Crippen LogP contribution in [0, 0.1) is 12.8 Å². The van der Waals surface area contributed by atoms with E-state index in [1.807, 2.05) is 26.0 Å². The van der Waals surface area contributed by atoms with Crippen LogP contribution in [0.15, 0.2) is 46.6 Å². The van der Waals surface area contributed by atoms with Crippen LogP contribution in [-0.2, 0) is 31.0 Å². The van der Waals surface area contributed by atoms with Gasteiger partial charge >= 0.3 is 5.97 Å². The number of hydrogen-bond acceptors (Lipinski definition) is 7. The van der Waals surface area contributed by atoms with Crippen LogP contribution in [0.4, 0.5) is 5.69 Å². The molecule has 0 unspecified atom stereocenters. The molecule has 2 aromatic rings. The Morgan fingerprint density at radius 2 is 1.91 bits per heavy atom. The van der Waals surface area contributed by atoms with E-state index >= 15 is 0 Å². The maximum absolute atomic E-state index is 14.4. The number of benzene rings is 1. The van der Waals surface area contributed by atoms with Gasteiger partial charge in [-0.2, -0.15) is 0 Å². The number of methoxy groups -OCH3 is 2. The number of anilines is 1. The monoisotopic (exact) mass is 467 g/mol. The summed E-state index contributed by atoms with van der Waals surface area (Å²) in [5.41, 5.74) is 5.61. The van der Waals surface area contributed by atoms with Gasteiger partial charge in [0, 0.05) is 43.2 Å². The second kappa shape index (κ2) is 8.64. The van der Waals surface area contributed by atoms with Crippen molar-refractivity contribution in [1.82, 2.24) is 4.57 Å². The Bertz CT molecular complexity index is 1260. The summed E-state index contributed by atoms with van der Waals surface area (Å²) in [7, 11) is 2.75. The van der Waals surface area contributed by atoms with Crippen LogP contribution >= 0.6 is 0 Å². The van der Waals surface area contributed by atoms with Crippen molar-refractivity contribution in [2.45, 2.75) is 32.7 Å². The topological polar surface area (TPSA) is 113 Å². The first-order chi connectivity index (χ1) is 16.2. The maximum atomic E-state index is 14.4. The van der Waals surface area contributed by atoms with Crippen LogP contribution in [0.25, 0.3) is 0 Å². The van der Waals surface area contributed by atoms with E-state index in [4.69, 9.17) is 19.9 Å². The Morgan fingerprint density at radius 3 is 2.56 bits per heavy atom. The van der Waals surface area contributed by atoms with E-state index in [2.05, 4.69) is 0 Å². The SMILES string of the molecule is COCCn1c(C)cc2c(c1=O)[C@]1(C(=O)N(CC(C)C)c3ccccc31)C(C(=O)OC)=C(N)O2. The summed E-state index contributed by atoms with van der Waals surface area (Å²) in [6.07, 6.45) is 0. The average Bonchev–Trinajstić information content (AvgIpc) is 3.01. The lowest BCUT2D eigenvalue weighted by Crippen LogP contribution is -2.52. The molecule has 0 aliphatic carbocycles. The summed E-state index contributed by atoms with van der Waals surface area (Å²) < 4.78 is 17.5. The van der Waals surface area contributed by atoms with Crippen molar-refractivity contribution < 1.29 is 23.8 Å². The van der Waals surface area contributed by atoms with Gasteiger partial charge in [-0.25, -0.2) is 4.79 Å². The lowest BCUT2D eigenvalue weighted by Gasteiger charge is -2.36. The third kappa shape index (κ3) is 3.22. The number of aromatic nitrogens is 1. The van der Waals surface area contributed by atoms with E-state index in [0.29, 0.717) is 30.1 Å². The number of hydrogen-bond donors (Lipinski definition) is 1. The number of para-hydroxylation sites is 1. The fourth-order valence-electron chi connectivity index (χ4n) is 4.94. The summed E-state index contributed by atoms with van der Waals surface area (Å²) in [5, 5.41) is 0. The van der Waals surface area contributed by atoms with Gasteiger partial charge in [-0.05, 0) is 18.9 Å². The normalized spacial score (nSPS) is 18.9. The van der Waals surface area contributed by atoms with Gasteiger partial charge in [0.15, 0.2) is 0 Å². The van der Waals surface area contributed by atoms with Gasteiger partial charge in [0.1, 0.15) is 16.7 Å². The van der Waals surface area contributed by atoms with Crippen LogP contribution in [0.1, 0.15) is 30.7 Å². The standard InChI is InChI=1S/C25H29N3O6/c1-14(2)13-28-17-9-7-6-8-16(17)25(24(28)31)19-18(34-21(26)20(25)23(30)33-5)12-15(3)27(22(19)29)10-11-32-4/h6-9,12,14H,10-11,13,26H2,1-5H3/t25-/m0/s1. The van der Waals surface area contributed by atoms with E-state index in [1.54, 1.807) is 37.1 Å². The number of nitrogens with two attached hydrogens (primary N) is 1. The molecule has 0 saturated carbocycles. The van der Waals surface area contributed by atoms with E-state index in [9.17, 15) is 14.4 Å². The van der Waals surface area contributed by atoms with Gasteiger partial charge in [0.05, 0.1) is 19.3 Å². The Hall–Kier alpha value is -3.59. The summed E-state index contributed by atoms with van der Waals surface area (Å²) in [4.78, 5) is 43.1. The predicted molar refractivity (Wildman–Crippen MR) is 126 cm³/mol. The molecule has 3 heterocycles. The molecule has 34 heavy (non-hydrogen) atoms. The number of carbonyl (C=O) groups excluding carboxylic acids is 2. The number of ether oxygens (including phenoxy) is 3. The molecule has 0 radical (unpaired) electrons. The number of pyridine rings is 1. The van der Waals surface area contributed by atoms with E-state index in [1.165, 1.54) is 11.7 Å². The van der Waals surface area contributed by atoms with E-state index in [0.717, 1.165) is 0 Å². The van der Waals surface area contributed by atoms with Gasteiger partial charge in [-0.3, -0.25) is 9.59 Å². The molecule has 180 valence electrons. The first-order valence-electron chi connectivity index (χ1n) is 11.1. The molecule has 2 aliphatic rings. The Labute approximate surface area is 197 Å². The molecule has 1 atom stereocenters. The maximum Gasteiger partial charge on any atom is 0.340 e. The van der Waals surface area contributed by atoms with Crippen molar-refractivity contribution in [3.05, 3.63) is 69.0 Å². The summed E-state index contributed by atoms with van der Waals surface area (Å²) >= 11 is 0. The number of amides is 1. The molecule has 1 spiro atoms. The van der Waals surface area contributed by atoms with Crippen LogP contribution < -0.4 is 20.9 Å². The first-order valence-corrected chi connectivity index (χ1v) is 11.1. The lowest BCUT2D eigenvalue weighted by molar-refractivity contribution is -0.138. The second-order valence-corrected chi connectivity index (χ2v) is 8.88. The third-order valence-corrected chi connectivity index (χ3v) is 6.31. The minimum Gasteiger partial charge on any atom is -0.465 e. The summed E-state index contributed by atoms with van der Waals surface area (Å²) in [5.74, 6) is -1.25. The van der Waals surface area contributed by atoms with Crippen LogP contribution in [0.5, 0.6) is 5.75 Å². The highest BCUT2D eigenvalue weighted by molar-refractivity contribution is 6.18. The molecule has 1 aromatic heterocycles. The summed E-state index contributed by atoms with van der Waals surface area (Å²) in [6, 6.07) is 8.80. The molecule has 0 saturated heterocycles. The first kappa shape index (κ1) is 23.6. The number of carbonyl (C=O) groups is 2. The van der Waals surface area contributed by atoms with Crippen LogP contribution in [0.3, 0.4) is 0 Å². The molecule has 2 aliphatic heterocycles. The van der Waals surface area contributed by atoms with Gasteiger partial charge < -0.3 is 29.4 Å². The van der Waals surface area contributed by atoms with Crippen molar-refractivity contribution in [3.63, 3.8) is 0 Å². The fraction of sp³-hybridized carbons (Fsp3) is 0.400. The molecule has 0 fully saturated rings. The van der Waals surface area contributed by atoms with Gasteiger partial charge in [0.2, 0.25) is 11.8 Å². The van der Waals surface area contributed by atoms with Gasteiger partial charge in [-0.15, -0.1) is 0 Å². The largest absolute Gasteiger partial charge is 0.465 e. The highest BCUT2D eigenvalue weighted by Crippen LogP contribution is 2.54. The highest BCUT2D eigenvalue weighted by atomic mass is 16.5. The number of esters is 1. The second-order valence-electron chi connectivity index (χ2n) is 8.88. The fourth-order valence-corrected chi connectivity index (χ4v) is 4.94. The Balaban J connectivity index is 2.15. The number of aryl methyl sites for hydroxylation is 1.